The summed E-state index contributed by atoms with van der Waals surface area (Å²) in [6, 6.07) is 27.7. The van der Waals surface area contributed by atoms with E-state index in [9.17, 15) is 0 Å². The Hall–Kier alpha value is -3.77. The van der Waals surface area contributed by atoms with Crippen molar-refractivity contribution in [3.05, 3.63) is 131 Å². The Balaban J connectivity index is 1.41. The van der Waals surface area contributed by atoms with Crippen molar-refractivity contribution in [3.63, 3.8) is 0 Å². The number of hydrogen-bond donors (Lipinski definition) is 5. The lowest BCUT2D eigenvalue weighted by Gasteiger charge is -2.24. The molecule has 1 aliphatic rings. The molecule has 198 valence electrons. The minimum Gasteiger partial charge on any atom is -0.381 e. The molecule has 0 saturated heterocycles. The van der Waals surface area contributed by atoms with Gasteiger partial charge in [0.1, 0.15) is 0 Å². The number of hydrogen-bond acceptors (Lipinski definition) is 5. The van der Waals surface area contributed by atoms with E-state index in [2.05, 4.69) is 133 Å². The fourth-order valence-corrected chi connectivity index (χ4v) is 5.16. The summed E-state index contributed by atoms with van der Waals surface area (Å²) in [5.41, 5.74) is 14.8. The van der Waals surface area contributed by atoms with Crippen molar-refractivity contribution < 1.29 is 0 Å². The third-order valence-electron chi connectivity index (χ3n) is 7.16. The van der Waals surface area contributed by atoms with Gasteiger partial charge in [0.15, 0.2) is 0 Å². The van der Waals surface area contributed by atoms with Gasteiger partial charge in [-0.15, -0.1) is 0 Å². The van der Waals surface area contributed by atoms with Crippen LogP contribution in [0.2, 0.25) is 0 Å². The summed E-state index contributed by atoms with van der Waals surface area (Å²) in [6.45, 7) is 3.80. The molecular weight excluding hydrogens is 496 g/mol. The van der Waals surface area contributed by atoms with Crippen LogP contribution in [0.4, 0.5) is 17.1 Å². The largest absolute Gasteiger partial charge is 0.381 e. The number of fused-ring (bicyclic) bond motifs is 2. The molecule has 0 radical (unpaired) electrons. The number of benzene rings is 4. The molecule has 0 spiro atoms. The molecule has 39 heavy (non-hydrogen) atoms. The number of rotatable bonds is 10. The van der Waals surface area contributed by atoms with Crippen LogP contribution in [0.3, 0.4) is 0 Å². The zero-order valence-electron chi connectivity index (χ0n) is 22.3. The molecule has 4 aromatic carbocycles. The second kappa shape index (κ2) is 12.9. The minimum atomic E-state index is -0.287. The van der Waals surface area contributed by atoms with E-state index in [4.69, 9.17) is 5.73 Å². The molecule has 5 N–H and O–H groups in total. The van der Waals surface area contributed by atoms with Crippen molar-refractivity contribution >= 4 is 46.5 Å². The molecule has 4 aromatic rings. The molecule has 5 heteroatoms. The van der Waals surface area contributed by atoms with E-state index in [-0.39, 0.29) is 12.1 Å². The summed E-state index contributed by atoms with van der Waals surface area (Å²) in [5.74, 6) is 0.754. The smallest absolute Gasteiger partial charge is 0.0593 e. The molecule has 0 fully saturated rings. The lowest BCUT2D eigenvalue weighted by Crippen LogP contribution is -2.18. The Morgan fingerprint density at radius 1 is 0.923 bits per heavy atom. The first kappa shape index (κ1) is 26.8. The number of allylic oxidation sites excluding steroid dienone is 2. The van der Waals surface area contributed by atoms with Gasteiger partial charge in [-0.25, -0.2) is 0 Å². The van der Waals surface area contributed by atoms with Crippen LogP contribution in [0.15, 0.2) is 109 Å². The molecule has 0 bridgehead atoms. The monoisotopic (exact) mass is 532 g/mol. The highest BCUT2D eigenvalue weighted by Crippen LogP contribution is 2.39. The molecule has 0 aliphatic carbocycles. The summed E-state index contributed by atoms with van der Waals surface area (Å²) >= 11 is 4.18. The van der Waals surface area contributed by atoms with Gasteiger partial charge in [0.2, 0.25) is 0 Å². The highest BCUT2D eigenvalue weighted by atomic mass is 32.1. The Kier molecular flexibility index (Phi) is 8.84. The van der Waals surface area contributed by atoms with Crippen LogP contribution >= 0.6 is 12.6 Å². The average molecular weight is 533 g/mol. The van der Waals surface area contributed by atoms with Gasteiger partial charge in [0.05, 0.1) is 11.7 Å². The Bertz CT molecular complexity index is 1500. The maximum absolute atomic E-state index is 7.01. The second-order valence-electron chi connectivity index (χ2n) is 9.74. The first-order valence-electron chi connectivity index (χ1n) is 13.5. The molecule has 1 aliphatic heterocycles. The van der Waals surface area contributed by atoms with Gasteiger partial charge in [-0.3, -0.25) is 0 Å². The first-order chi connectivity index (χ1) is 19.2. The van der Waals surface area contributed by atoms with Gasteiger partial charge in [0.25, 0.3) is 0 Å². The first-order valence-corrected chi connectivity index (χ1v) is 14.1. The van der Waals surface area contributed by atoms with Crippen molar-refractivity contribution in [2.75, 3.05) is 29.5 Å². The van der Waals surface area contributed by atoms with Gasteiger partial charge in [0, 0.05) is 41.6 Å². The third-order valence-corrected chi connectivity index (χ3v) is 7.38. The van der Waals surface area contributed by atoms with E-state index < -0.39 is 0 Å². The molecule has 4 nitrogen and oxygen atoms in total. The predicted octanol–water partition coefficient (Wildman–Crippen LogP) is 7.76. The third kappa shape index (κ3) is 6.28. The Morgan fingerprint density at radius 3 is 2.59 bits per heavy atom. The number of para-hydroxylation sites is 1. The summed E-state index contributed by atoms with van der Waals surface area (Å²) in [7, 11) is 0. The molecule has 1 heterocycles. The van der Waals surface area contributed by atoms with Crippen LogP contribution in [-0.2, 0) is 0 Å². The SMILES string of the molecule is CC(NC/C=C\C=C/CS)c1ccc(Nc2c(C(N)c3cccc4c3NCC=C4)ccc3ccccc23)cc1. The number of nitrogens with one attached hydrogen (secondary N) is 3. The van der Waals surface area contributed by atoms with Crippen LogP contribution in [0.1, 0.15) is 41.3 Å². The summed E-state index contributed by atoms with van der Waals surface area (Å²) in [5, 5.41) is 13.1. The lowest BCUT2D eigenvalue weighted by atomic mass is 9.91. The molecular formula is C34H36N4S. The minimum absolute atomic E-state index is 0.241. The topological polar surface area (TPSA) is 62.1 Å². The van der Waals surface area contributed by atoms with Crippen LogP contribution in [0.5, 0.6) is 0 Å². The lowest BCUT2D eigenvalue weighted by molar-refractivity contribution is 0.617. The van der Waals surface area contributed by atoms with E-state index in [1.165, 1.54) is 16.5 Å². The highest BCUT2D eigenvalue weighted by molar-refractivity contribution is 7.80. The fourth-order valence-electron chi connectivity index (χ4n) is 5.04. The molecule has 0 saturated carbocycles. The van der Waals surface area contributed by atoms with E-state index in [1.54, 1.807) is 0 Å². The van der Waals surface area contributed by atoms with Crippen molar-refractivity contribution in [1.29, 1.82) is 0 Å². The van der Waals surface area contributed by atoms with Gasteiger partial charge >= 0.3 is 0 Å². The highest BCUT2D eigenvalue weighted by Gasteiger charge is 2.20. The van der Waals surface area contributed by atoms with E-state index in [0.717, 1.165) is 52.4 Å². The van der Waals surface area contributed by atoms with E-state index in [1.807, 2.05) is 18.2 Å². The maximum Gasteiger partial charge on any atom is 0.0593 e. The number of nitrogens with two attached hydrogens (primary N) is 1. The van der Waals surface area contributed by atoms with Gasteiger partial charge in [-0.2, -0.15) is 12.6 Å². The molecule has 2 atom stereocenters. The van der Waals surface area contributed by atoms with Crippen LogP contribution in [-0.4, -0.2) is 18.8 Å². The van der Waals surface area contributed by atoms with E-state index >= 15 is 0 Å². The zero-order valence-corrected chi connectivity index (χ0v) is 23.2. The quantitative estimate of drug-likeness (QED) is 0.107. The number of thiol groups is 1. The molecule has 5 rings (SSSR count). The second-order valence-corrected chi connectivity index (χ2v) is 10.1. The predicted molar refractivity (Wildman–Crippen MR) is 172 cm³/mol. The van der Waals surface area contributed by atoms with Crippen molar-refractivity contribution in [2.24, 2.45) is 5.73 Å². The van der Waals surface area contributed by atoms with Crippen LogP contribution < -0.4 is 21.7 Å². The van der Waals surface area contributed by atoms with Crippen molar-refractivity contribution in [2.45, 2.75) is 19.0 Å². The summed E-state index contributed by atoms with van der Waals surface area (Å²) in [6.07, 6.45) is 12.5. The summed E-state index contributed by atoms with van der Waals surface area (Å²) < 4.78 is 0. The zero-order chi connectivity index (χ0) is 27.0. The molecule has 2 unspecified atom stereocenters. The van der Waals surface area contributed by atoms with Crippen LogP contribution in [0, 0.1) is 0 Å². The molecule has 0 amide bonds. The van der Waals surface area contributed by atoms with Gasteiger partial charge in [-0.05, 0) is 46.7 Å². The summed E-state index contributed by atoms with van der Waals surface area (Å²) in [4.78, 5) is 0. The van der Waals surface area contributed by atoms with Crippen molar-refractivity contribution in [1.82, 2.24) is 5.32 Å². The van der Waals surface area contributed by atoms with Crippen LogP contribution in [0.25, 0.3) is 16.8 Å². The Labute approximate surface area is 237 Å². The average Bonchev–Trinajstić information content (AvgIpc) is 2.98. The van der Waals surface area contributed by atoms with Crippen molar-refractivity contribution in [3.8, 4) is 0 Å². The van der Waals surface area contributed by atoms with E-state index in [0.29, 0.717) is 0 Å². The molecule has 0 aromatic heterocycles. The standard InChI is InChI=1S/C34H36N4S/c1-24(36-21-6-2-3-7-23-39)25-15-18-28(19-16-25)38-34-29-13-5-4-10-26(29)17-20-31(34)32(35)30-14-8-11-27-12-9-22-37-33(27)30/h2-20,24,32,36-39H,21-23,35H2,1H3/b6-2-,7-3-. The fraction of sp³-hybridized carbons (Fsp3) is 0.176. The maximum atomic E-state index is 7.01. The normalized spacial score (nSPS) is 14.4. The Morgan fingerprint density at radius 2 is 1.74 bits per heavy atom. The van der Waals surface area contributed by atoms with Gasteiger partial charge in [-0.1, -0.05) is 103 Å². The van der Waals surface area contributed by atoms with Gasteiger partial charge < -0.3 is 21.7 Å². The number of anilines is 3.